The minimum atomic E-state index is -0.737. The van der Waals surface area contributed by atoms with Crippen LogP contribution in [0.1, 0.15) is 6.42 Å². The van der Waals surface area contributed by atoms with Gasteiger partial charge in [-0.1, -0.05) is 28.4 Å². The molecule has 0 saturated heterocycles. The number of hydrogen-bond donors (Lipinski definition) is 2. The molecule has 0 saturated carbocycles. The summed E-state index contributed by atoms with van der Waals surface area (Å²) in [7, 11) is 2.84. The van der Waals surface area contributed by atoms with E-state index in [4.69, 9.17) is 33.0 Å². The number of nitrogens with one attached hydrogen (secondary N) is 1. The minimum absolute atomic E-state index is 0.107. The minimum Gasteiger partial charge on any atom is -0.468 e. The van der Waals surface area contributed by atoms with Crippen LogP contribution in [0.2, 0.25) is 10.2 Å². The van der Waals surface area contributed by atoms with Gasteiger partial charge in [0.2, 0.25) is 5.91 Å². The van der Waals surface area contributed by atoms with E-state index in [1.54, 1.807) is 25.2 Å². The summed E-state index contributed by atoms with van der Waals surface area (Å²) >= 11 is 11.8. The zero-order chi connectivity index (χ0) is 20.0. The van der Waals surface area contributed by atoms with Crippen LogP contribution >= 0.6 is 23.2 Å². The first-order valence-electron chi connectivity index (χ1n) is 7.92. The number of anilines is 1. The van der Waals surface area contributed by atoms with Crippen LogP contribution in [0.5, 0.6) is 0 Å². The van der Waals surface area contributed by atoms with Gasteiger partial charge in [-0.05, 0) is 31.7 Å². The summed E-state index contributed by atoms with van der Waals surface area (Å²) in [5, 5.41) is 20.0. The van der Waals surface area contributed by atoms with E-state index in [1.807, 2.05) is 0 Å². The van der Waals surface area contributed by atoms with Gasteiger partial charge in [0.05, 0.1) is 31.2 Å². The van der Waals surface area contributed by atoms with E-state index in [-0.39, 0.29) is 30.6 Å². The van der Waals surface area contributed by atoms with Crippen LogP contribution in [0.3, 0.4) is 0 Å². The topological polar surface area (TPSA) is 110 Å². The van der Waals surface area contributed by atoms with Crippen molar-refractivity contribution in [1.29, 1.82) is 0 Å². The molecule has 1 heterocycles. The van der Waals surface area contributed by atoms with Crippen LogP contribution < -0.4 is 5.32 Å². The number of methoxy groups -OCH3 is 1. The van der Waals surface area contributed by atoms with E-state index in [2.05, 4.69) is 15.6 Å². The number of rotatable bonds is 8. The van der Waals surface area contributed by atoms with Crippen LogP contribution in [0, 0.1) is 0 Å². The number of carbonyl (C=O) groups excluding carboxylic acids is 2. The molecule has 0 unspecified atom stereocenters. The number of aliphatic hydroxyl groups is 1. The van der Waals surface area contributed by atoms with Crippen molar-refractivity contribution >= 4 is 40.8 Å². The van der Waals surface area contributed by atoms with Crippen molar-refractivity contribution in [2.75, 3.05) is 32.6 Å². The summed E-state index contributed by atoms with van der Waals surface area (Å²) < 4.78 is 6.11. The van der Waals surface area contributed by atoms with E-state index >= 15 is 0 Å². The van der Waals surface area contributed by atoms with Gasteiger partial charge in [-0.25, -0.2) is 4.68 Å². The summed E-state index contributed by atoms with van der Waals surface area (Å²) in [6.45, 7) is -0.318. The second kappa shape index (κ2) is 9.65. The van der Waals surface area contributed by atoms with Gasteiger partial charge in [0.15, 0.2) is 5.15 Å². The predicted octanol–water partition coefficient (Wildman–Crippen LogP) is 1.37. The molecule has 0 aliphatic heterocycles. The lowest BCUT2D eigenvalue weighted by atomic mass is 10.2. The van der Waals surface area contributed by atoms with Crippen LogP contribution in [-0.4, -0.2) is 70.2 Å². The highest BCUT2D eigenvalue weighted by molar-refractivity contribution is 6.31. The molecule has 11 heteroatoms. The van der Waals surface area contributed by atoms with Crippen molar-refractivity contribution in [1.82, 2.24) is 19.9 Å². The van der Waals surface area contributed by atoms with Crippen LogP contribution in [0.15, 0.2) is 24.4 Å². The average molecular weight is 416 g/mol. The highest BCUT2D eigenvalue weighted by Gasteiger charge is 2.25. The van der Waals surface area contributed by atoms with E-state index in [0.29, 0.717) is 16.4 Å². The quantitative estimate of drug-likeness (QED) is 0.626. The number of nitrogens with zero attached hydrogens (tertiary/aromatic N) is 4. The average Bonchev–Trinajstić information content (AvgIpc) is 3.05. The number of benzene rings is 1. The normalized spacial score (nSPS) is 12.1. The number of carbonyl (C=O) groups is 2. The Labute approximate surface area is 165 Å². The van der Waals surface area contributed by atoms with Gasteiger partial charge in [0, 0.05) is 11.6 Å². The first-order chi connectivity index (χ1) is 12.8. The second-order valence-electron chi connectivity index (χ2n) is 5.66. The maximum Gasteiger partial charge on any atom is 0.323 e. The Morgan fingerprint density at radius 2 is 2.15 bits per heavy atom. The van der Waals surface area contributed by atoms with Gasteiger partial charge >= 0.3 is 5.97 Å². The molecule has 0 spiro atoms. The Morgan fingerprint density at radius 1 is 1.41 bits per heavy atom. The van der Waals surface area contributed by atoms with E-state index in [1.165, 1.54) is 22.9 Å². The van der Waals surface area contributed by atoms with Gasteiger partial charge in [-0.3, -0.25) is 14.5 Å². The van der Waals surface area contributed by atoms with Gasteiger partial charge < -0.3 is 15.2 Å². The Morgan fingerprint density at radius 3 is 2.74 bits per heavy atom. The summed E-state index contributed by atoms with van der Waals surface area (Å²) in [5.41, 5.74) is 0.925. The van der Waals surface area contributed by atoms with E-state index in [9.17, 15) is 9.59 Å². The van der Waals surface area contributed by atoms with Gasteiger partial charge in [-0.2, -0.15) is 0 Å². The maximum absolute atomic E-state index is 12.5. The number of hydrogen-bond acceptors (Lipinski definition) is 7. The largest absolute Gasteiger partial charge is 0.468 e. The molecule has 1 aromatic heterocycles. The number of amides is 1. The van der Waals surface area contributed by atoms with Gasteiger partial charge in [0.1, 0.15) is 6.04 Å². The molecule has 0 aliphatic carbocycles. The molecule has 0 bridgehead atoms. The molecule has 2 aromatic rings. The Kier molecular flexibility index (Phi) is 7.55. The van der Waals surface area contributed by atoms with Crippen LogP contribution in [0.25, 0.3) is 5.69 Å². The van der Waals surface area contributed by atoms with Crippen molar-refractivity contribution in [3.63, 3.8) is 0 Å². The zero-order valence-corrected chi connectivity index (χ0v) is 16.2. The molecule has 0 fully saturated rings. The fourth-order valence-corrected chi connectivity index (χ4v) is 2.77. The first kappa shape index (κ1) is 21.1. The summed E-state index contributed by atoms with van der Waals surface area (Å²) in [6.07, 6.45) is 1.64. The van der Waals surface area contributed by atoms with Crippen molar-refractivity contribution < 1.29 is 19.4 Å². The molecule has 0 radical (unpaired) electrons. The third-order valence-electron chi connectivity index (χ3n) is 3.75. The number of ether oxygens (including phenoxy) is 1. The molecule has 0 aliphatic rings. The van der Waals surface area contributed by atoms with E-state index in [0.717, 1.165) is 0 Å². The molecule has 1 atom stereocenters. The lowest BCUT2D eigenvalue weighted by Crippen LogP contribution is -2.43. The Hall–Kier alpha value is -2.20. The molecule has 1 aromatic carbocycles. The zero-order valence-electron chi connectivity index (χ0n) is 14.7. The standard InChI is InChI=1S/C16H19Cl2N5O4/c1-22(13(5-6-24)16(26)27-2)9-15(25)19-11-7-10(17)3-4-12(11)23-8-14(18)20-21-23/h3-4,7-8,13,24H,5-6,9H2,1-2H3,(H,19,25)/t13-/m0/s1. The number of aliphatic hydroxyl groups excluding tert-OH is 1. The molecule has 2 N–H and O–H groups in total. The lowest BCUT2D eigenvalue weighted by Gasteiger charge is -2.24. The Bertz CT molecular complexity index is 814. The molecule has 1 amide bonds. The van der Waals surface area contributed by atoms with Crippen LogP contribution in [0.4, 0.5) is 5.69 Å². The Balaban J connectivity index is 2.15. The van der Waals surface area contributed by atoms with Crippen molar-refractivity contribution in [3.8, 4) is 5.69 Å². The summed E-state index contributed by atoms with van der Waals surface area (Å²) in [5.74, 6) is -0.917. The molecular weight excluding hydrogens is 397 g/mol. The summed E-state index contributed by atoms with van der Waals surface area (Å²) in [4.78, 5) is 25.8. The highest BCUT2D eigenvalue weighted by atomic mass is 35.5. The molecule has 146 valence electrons. The van der Waals surface area contributed by atoms with Crippen molar-refractivity contribution in [2.45, 2.75) is 12.5 Å². The maximum atomic E-state index is 12.5. The number of halogens is 2. The molecule has 27 heavy (non-hydrogen) atoms. The van der Waals surface area contributed by atoms with Crippen LogP contribution in [-0.2, 0) is 14.3 Å². The van der Waals surface area contributed by atoms with Crippen molar-refractivity contribution in [3.05, 3.63) is 34.6 Å². The number of esters is 1. The lowest BCUT2D eigenvalue weighted by molar-refractivity contribution is -0.147. The molecule has 2 rings (SSSR count). The number of aromatic nitrogens is 3. The van der Waals surface area contributed by atoms with Gasteiger partial charge in [0.25, 0.3) is 0 Å². The third kappa shape index (κ3) is 5.64. The predicted molar refractivity (Wildman–Crippen MR) is 100 cm³/mol. The monoisotopic (exact) mass is 415 g/mol. The molecular formula is C16H19Cl2N5O4. The molecule has 9 nitrogen and oxygen atoms in total. The fourth-order valence-electron chi connectivity index (χ4n) is 2.47. The number of likely N-dealkylation sites (N-methyl/N-ethyl adjacent to an activating group) is 1. The first-order valence-corrected chi connectivity index (χ1v) is 8.67. The SMILES string of the molecule is COC(=O)[C@H](CCO)N(C)CC(=O)Nc1cc(Cl)ccc1-n1cc(Cl)nn1. The second-order valence-corrected chi connectivity index (χ2v) is 6.49. The highest BCUT2D eigenvalue weighted by Crippen LogP contribution is 2.24. The summed E-state index contributed by atoms with van der Waals surface area (Å²) in [6, 6.07) is 4.13. The smallest absolute Gasteiger partial charge is 0.323 e. The third-order valence-corrected chi connectivity index (χ3v) is 4.15. The van der Waals surface area contributed by atoms with Gasteiger partial charge in [-0.15, -0.1) is 5.10 Å². The fraction of sp³-hybridized carbons (Fsp3) is 0.375. The van der Waals surface area contributed by atoms with Crippen molar-refractivity contribution in [2.24, 2.45) is 0 Å². The van der Waals surface area contributed by atoms with E-state index < -0.39 is 12.0 Å².